The summed E-state index contributed by atoms with van der Waals surface area (Å²) in [5, 5.41) is 2.73. The van der Waals surface area contributed by atoms with E-state index >= 15 is 0 Å². The monoisotopic (exact) mass is 783 g/mol. The molecule has 2 saturated heterocycles. The highest BCUT2D eigenvalue weighted by atomic mass is 16.5. The number of ether oxygens (including phenoxy) is 1. The number of hydrogen-bond acceptors (Lipinski definition) is 7. The Labute approximate surface area is 338 Å². The second-order valence-corrected chi connectivity index (χ2v) is 17.6. The number of hydrogen-bond donors (Lipinski definition) is 3. The van der Waals surface area contributed by atoms with Crippen molar-refractivity contribution >= 4 is 45.8 Å². The largest absolute Gasteiger partial charge is 0.453 e. The molecule has 0 radical (unpaired) electrons. The Bertz CT molecular complexity index is 2450. The van der Waals surface area contributed by atoms with Crippen molar-refractivity contribution in [3.05, 3.63) is 71.3 Å². The molecule has 2 aromatic heterocycles. The van der Waals surface area contributed by atoms with Crippen molar-refractivity contribution in [2.75, 3.05) is 20.2 Å². The van der Waals surface area contributed by atoms with Crippen LogP contribution in [0, 0.1) is 17.8 Å². The van der Waals surface area contributed by atoms with Crippen LogP contribution in [0.5, 0.6) is 0 Å². The number of H-pyrrole nitrogens is 2. The molecule has 0 spiro atoms. The van der Waals surface area contributed by atoms with Crippen LogP contribution in [-0.4, -0.2) is 79.7 Å². The van der Waals surface area contributed by atoms with Crippen molar-refractivity contribution in [2.45, 2.75) is 103 Å². The van der Waals surface area contributed by atoms with Gasteiger partial charge in [-0.15, -0.1) is 0 Å². The highest BCUT2D eigenvalue weighted by Gasteiger charge is 2.44. The van der Waals surface area contributed by atoms with Crippen LogP contribution >= 0.6 is 0 Å². The number of aromatic nitrogens is 4. The van der Waals surface area contributed by atoms with Gasteiger partial charge < -0.3 is 29.8 Å². The molecule has 5 aromatic rings. The van der Waals surface area contributed by atoms with E-state index in [-0.39, 0.29) is 35.7 Å². The fourth-order valence-electron chi connectivity index (χ4n) is 10.3. The number of rotatable bonds is 9. The lowest BCUT2D eigenvalue weighted by atomic mass is 9.86. The summed E-state index contributed by atoms with van der Waals surface area (Å²) in [7, 11) is 1.30. The third-order valence-electron chi connectivity index (χ3n) is 13.1. The number of carbonyl (C=O) groups is 4. The molecule has 12 heteroatoms. The van der Waals surface area contributed by atoms with Gasteiger partial charge in [0.1, 0.15) is 23.5 Å². The summed E-state index contributed by atoms with van der Waals surface area (Å²) in [4.78, 5) is 73.5. The minimum Gasteiger partial charge on any atom is -0.453 e. The summed E-state index contributed by atoms with van der Waals surface area (Å²) in [5.41, 5.74) is 10.2. The molecular weight excluding hydrogens is 731 g/mol. The standard InChI is InChI=1S/C46H53N7O5/c1-24(2)20-39(55)52-18-6-8-36(52)43-47-33-16-11-27(23-35(33)49-43)30-14-13-29(31-21-28-12-17-38(54)40(28)41(30)31)26-10-15-32-34(22-26)50-44(48-32)37-9-7-19-53(37)45(56)42(25(3)4)51-46(57)58-5/h10-11,13-16,22-25,28,36-37,40,42H,6-9,12,17-21H2,1-5H3,(H,47,49)(H,48,50)(H,51,57)/t28?,36-,37-,40?,42-/m0/s1. The quantitative estimate of drug-likeness (QED) is 0.136. The van der Waals surface area contributed by atoms with Crippen molar-refractivity contribution in [1.29, 1.82) is 0 Å². The average Bonchev–Trinajstić information content (AvgIpc) is 4.06. The van der Waals surface area contributed by atoms with Gasteiger partial charge in [0.05, 0.1) is 41.3 Å². The van der Waals surface area contributed by atoms with E-state index in [1.54, 1.807) is 0 Å². The van der Waals surface area contributed by atoms with Crippen LogP contribution in [0.2, 0.25) is 0 Å². The minimum atomic E-state index is -0.700. The lowest BCUT2D eigenvalue weighted by molar-refractivity contribution is -0.135. The third-order valence-corrected chi connectivity index (χ3v) is 13.1. The lowest BCUT2D eigenvalue weighted by Gasteiger charge is -2.29. The molecule has 3 amide bonds. The van der Waals surface area contributed by atoms with Crippen molar-refractivity contribution in [2.24, 2.45) is 17.8 Å². The fourth-order valence-corrected chi connectivity index (χ4v) is 10.3. The molecule has 1 saturated carbocycles. The SMILES string of the molecule is COC(=O)N[C@H](C(=O)N1CCC[C@H]1c1nc2ccc(-c3ccc(-c4ccc5nc([C@@H]6CCCN6C(=O)CC(C)C)[nH]c5c4)c4c3CC3CCC(=O)C43)cc2[nH]1)C(C)C. The van der Waals surface area contributed by atoms with Crippen LogP contribution < -0.4 is 5.32 Å². The second-order valence-electron chi connectivity index (χ2n) is 17.6. The summed E-state index contributed by atoms with van der Waals surface area (Å²) in [6.07, 6.45) is 5.78. The van der Waals surface area contributed by atoms with Crippen LogP contribution in [0.1, 0.15) is 113 Å². The van der Waals surface area contributed by atoms with E-state index < -0.39 is 12.1 Å². The molecule has 2 aliphatic carbocycles. The smallest absolute Gasteiger partial charge is 0.407 e. The van der Waals surface area contributed by atoms with Crippen molar-refractivity contribution in [3.8, 4) is 22.3 Å². The highest BCUT2D eigenvalue weighted by Crippen LogP contribution is 2.52. The van der Waals surface area contributed by atoms with Gasteiger partial charge >= 0.3 is 6.09 Å². The second kappa shape index (κ2) is 15.0. The Morgan fingerprint density at radius 2 is 1.43 bits per heavy atom. The predicted octanol–water partition coefficient (Wildman–Crippen LogP) is 8.15. The Morgan fingerprint density at radius 1 is 0.828 bits per heavy atom. The van der Waals surface area contributed by atoms with Gasteiger partial charge in [0.25, 0.3) is 0 Å². The van der Waals surface area contributed by atoms with Gasteiger partial charge in [-0.25, -0.2) is 14.8 Å². The Morgan fingerprint density at radius 3 is 2.05 bits per heavy atom. The first-order valence-corrected chi connectivity index (χ1v) is 21.1. The fraction of sp³-hybridized carbons (Fsp3) is 0.478. The molecule has 58 heavy (non-hydrogen) atoms. The van der Waals surface area contributed by atoms with Crippen LogP contribution in [0.4, 0.5) is 4.79 Å². The van der Waals surface area contributed by atoms with Crippen LogP contribution in [0.3, 0.4) is 0 Å². The predicted molar refractivity (Wildman–Crippen MR) is 222 cm³/mol. The summed E-state index contributed by atoms with van der Waals surface area (Å²) in [5.74, 6) is 2.32. The molecule has 2 aliphatic heterocycles. The molecule has 12 nitrogen and oxygen atoms in total. The van der Waals surface area contributed by atoms with Crippen LogP contribution in [0.15, 0.2) is 48.5 Å². The Kier molecular flexibility index (Phi) is 9.84. The van der Waals surface area contributed by atoms with Gasteiger partial charge in [-0.1, -0.05) is 52.0 Å². The minimum absolute atomic E-state index is 0.0436. The van der Waals surface area contributed by atoms with Crippen molar-refractivity contribution in [1.82, 2.24) is 35.1 Å². The van der Waals surface area contributed by atoms with E-state index in [1.807, 2.05) is 29.7 Å². The topological polar surface area (TPSA) is 153 Å². The number of fused-ring (bicyclic) bond motifs is 5. The van der Waals surface area contributed by atoms with E-state index in [0.717, 1.165) is 107 Å². The molecule has 9 rings (SSSR count). The Hall–Kier alpha value is -5.52. The molecule has 4 aliphatic rings. The maximum absolute atomic E-state index is 13.8. The molecule has 4 heterocycles. The number of Topliss-reactive ketones (excluding diaryl/α,β-unsaturated/α-hetero) is 1. The van der Waals surface area contributed by atoms with Crippen molar-refractivity contribution < 1.29 is 23.9 Å². The highest BCUT2D eigenvalue weighted by molar-refractivity contribution is 5.96. The average molecular weight is 784 g/mol. The third kappa shape index (κ3) is 6.63. The van der Waals surface area contributed by atoms with E-state index in [2.05, 4.69) is 71.6 Å². The van der Waals surface area contributed by atoms with Gasteiger partial charge in [0.2, 0.25) is 11.8 Å². The molecule has 302 valence electrons. The lowest BCUT2D eigenvalue weighted by Crippen LogP contribution is -2.51. The number of nitrogens with zero attached hydrogens (tertiary/aromatic N) is 4. The van der Waals surface area contributed by atoms with E-state index in [9.17, 15) is 19.2 Å². The first-order valence-electron chi connectivity index (χ1n) is 21.1. The number of methoxy groups -OCH3 is 1. The number of ketones is 1. The number of alkyl carbamates (subject to hydrolysis) is 1. The molecule has 0 bridgehead atoms. The maximum atomic E-state index is 13.8. The van der Waals surface area contributed by atoms with Gasteiger partial charge in [-0.2, -0.15) is 0 Å². The molecular formula is C46H53N7O5. The summed E-state index contributed by atoms with van der Waals surface area (Å²) < 4.78 is 4.81. The van der Waals surface area contributed by atoms with Gasteiger partial charge in [0, 0.05) is 31.8 Å². The van der Waals surface area contributed by atoms with Crippen molar-refractivity contribution in [3.63, 3.8) is 0 Å². The maximum Gasteiger partial charge on any atom is 0.407 e. The number of carbonyl (C=O) groups excluding carboxylic acids is 4. The van der Waals surface area contributed by atoms with E-state index in [1.165, 1.54) is 12.7 Å². The zero-order valence-corrected chi connectivity index (χ0v) is 34.1. The van der Waals surface area contributed by atoms with Crippen LogP contribution in [0.25, 0.3) is 44.3 Å². The zero-order chi connectivity index (χ0) is 40.4. The number of imidazole rings is 2. The number of nitrogens with one attached hydrogen (secondary N) is 3. The number of aromatic amines is 2. The molecule has 3 aromatic carbocycles. The first kappa shape index (κ1) is 38.0. The molecule has 3 N–H and O–H groups in total. The number of amides is 3. The number of likely N-dealkylation sites (tertiary alicyclic amines) is 2. The zero-order valence-electron chi connectivity index (χ0n) is 34.1. The first-order chi connectivity index (χ1) is 28.0. The van der Waals surface area contributed by atoms with Crippen LogP contribution in [-0.2, 0) is 25.5 Å². The summed E-state index contributed by atoms with van der Waals surface area (Å²) in [6, 6.07) is 16.0. The van der Waals surface area contributed by atoms with Gasteiger partial charge in [-0.3, -0.25) is 14.4 Å². The molecule has 3 fully saturated rings. The normalized spacial score (nSPS) is 22.1. The summed E-state index contributed by atoms with van der Waals surface area (Å²) >= 11 is 0. The molecule has 5 atom stereocenters. The molecule has 2 unspecified atom stereocenters. The van der Waals surface area contributed by atoms with Gasteiger partial charge in [0.15, 0.2) is 0 Å². The van der Waals surface area contributed by atoms with Gasteiger partial charge in [-0.05, 0) is 114 Å². The van der Waals surface area contributed by atoms with E-state index in [0.29, 0.717) is 37.0 Å². The van der Waals surface area contributed by atoms with E-state index in [4.69, 9.17) is 14.7 Å². The number of benzene rings is 3. The summed E-state index contributed by atoms with van der Waals surface area (Å²) in [6.45, 7) is 9.34. The Balaban J connectivity index is 1.04.